The number of nitrogens with one attached hydrogen (secondary N) is 1. The maximum Gasteiger partial charge on any atom is 0.248 e. The van der Waals surface area contributed by atoms with Crippen LogP contribution < -0.4 is 5.32 Å². The number of hydrogen-bond acceptors (Lipinski definition) is 8. The van der Waals surface area contributed by atoms with Crippen molar-refractivity contribution in [3.63, 3.8) is 0 Å². The van der Waals surface area contributed by atoms with E-state index in [1.165, 1.54) is 35.2 Å². The number of thioether (sulfide) groups is 1. The summed E-state index contributed by atoms with van der Waals surface area (Å²) in [7, 11) is 0. The summed E-state index contributed by atoms with van der Waals surface area (Å²) in [6, 6.07) is 13.8. The fraction of sp³-hybridized carbons (Fsp3) is 0.0588. The van der Waals surface area contributed by atoms with Gasteiger partial charge in [0.15, 0.2) is 4.34 Å². The van der Waals surface area contributed by atoms with Gasteiger partial charge in [-0.15, -0.1) is 20.4 Å². The van der Waals surface area contributed by atoms with Crippen molar-refractivity contribution in [1.82, 2.24) is 20.4 Å². The number of halogens is 2. The average molecular weight is 464 g/mol. The Balaban J connectivity index is 1.38. The molecule has 10 heteroatoms. The number of nitrogens with zero attached hydrogens (tertiary/aromatic N) is 4. The predicted molar refractivity (Wildman–Crippen MR) is 107 cm³/mol. The van der Waals surface area contributed by atoms with Gasteiger partial charge in [-0.25, -0.2) is 4.39 Å². The molecule has 0 unspecified atom stereocenters. The van der Waals surface area contributed by atoms with E-state index in [1.54, 1.807) is 12.1 Å². The molecule has 2 aromatic heterocycles. The zero-order valence-corrected chi connectivity index (χ0v) is 16.8. The third kappa shape index (κ3) is 4.52. The summed E-state index contributed by atoms with van der Waals surface area (Å²) in [5, 5.41) is 19.9. The highest BCUT2D eigenvalue weighted by molar-refractivity contribution is 9.10. The lowest BCUT2D eigenvalue weighted by atomic mass is 10.2. The normalized spacial score (nSPS) is 10.9. The molecule has 6 nitrogen and oxygen atoms in total. The molecule has 0 saturated heterocycles. The standard InChI is InChI=1S/C17H11BrFN5OS2/c18-13-7-2-1-6-12(13)15-22-21-14(25-15)9-26-17-24-23-16(27-17)20-11-5-3-4-10(19)8-11/h1-8H,9H2,(H,20,23). The van der Waals surface area contributed by atoms with Crippen molar-refractivity contribution in [2.75, 3.05) is 5.32 Å². The first-order chi connectivity index (χ1) is 13.2. The van der Waals surface area contributed by atoms with Crippen LogP contribution in [-0.4, -0.2) is 20.4 Å². The minimum Gasteiger partial charge on any atom is -0.420 e. The molecule has 0 saturated carbocycles. The Kier molecular flexibility index (Phi) is 5.46. The summed E-state index contributed by atoms with van der Waals surface area (Å²) in [5.41, 5.74) is 1.47. The topological polar surface area (TPSA) is 76.7 Å². The van der Waals surface area contributed by atoms with Gasteiger partial charge in [-0.3, -0.25) is 0 Å². The van der Waals surface area contributed by atoms with Crippen molar-refractivity contribution >= 4 is 49.8 Å². The van der Waals surface area contributed by atoms with Crippen LogP contribution in [0.2, 0.25) is 0 Å². The van der Waals surface area contributed by atoms with Gasteiger partial charge in [0.2, 0.25) is 16.9 Å². The van der Waals surface area contributed by atoms with Gasteiger partial charge in [-0.05, 0) is 46.3 Å². The molecule has 1 N–H and O–H groups in total. The Morgan fingerprint density at radius 2 is 1.96 bits per heavy atom. The summed E-state index contributed by atoms with van der Waals surface area (Å²) >= 11 is 6.28. The van der Waals surface area contributed by atoms with Crippen LogP contribution in [-0.2, 0) is 5.75 Å². The third-order valence-electron chi connectivity index (χ3n) is 3.37. The van der Waals surface area contributed by atoms with Crippen LogP contribution in [0.1, 0.15) is 5.89 Å². The highest BCUT2D eigenvalue weighted by Crippen LogP contribution is 2.31. The number of rotatable bonds is 6. The zero-order valence-electron chi connectivity index (χ0n) is 13.6. The first-order valence-electron chi connectivity index (χ1n) is 7.73. The maximum atomic E-state index is 13.2. The van der Waals surface area contributed by atoms with Crippen molar-refractivity contribution in [3.8, 4) is 11.5 Å². The smallest absolute Gasteiger partial charge is 0.248 e. The van der Waals surface area contributed by atoms with Gasteiger partial charge < -0.3 is 9.73 Å². The van der Waals surface area contributed by atoms with Crippen LogP contribution in [0.5, 0.6) is 0 Å². The second kappa shape index (κ2) is 8.15. The molecule has 0 bridgehead atoms. The van der Waals surface area contributed by atoms with Crippen molar-refractivity contribution in [3.05, 3.63) is 64.7 Å². The fourth-order valence-corrected chi connectivity index (χ4v) is 4.25. The summed E-state index contributed by atoms with van der Waals surface area (Å²) in [6.45, 7) is 0. The molecule has 0 aliphatic carbocycles. The maximum absolute atomic E-state index is 13.2. The highest BCUT2D eigenvalue weighted by atomic mass is 79.9. The summed E-state index contributed by atoms with van der Waals surface area (Å²) in [4.78, 5) is 0. The molecular formula is C17H11BrFN5OS2. The molecule has 0 amide bonds. The third-order valence-corrected chi connectivity index (χ3v) is 6.02. The van der Waals surface area contributed by atoms with Crippen LogP contribution in [0.3, 0.4) is 0 Å². The van der Waals surface area contributed by atoms with Crippen LogP contribution in [0.25, 0.3) is 11.5 Å². The van der Waals surface area contributed by atoms with Gasteiger partial charge in [0.05, 0.1) is 11.3 Å². The lowest BCUT2D eigenvalue weighted by Crippen LogP contribution is -1.89. The van der Waals surface area contributed by atoms with Crippen molar-refractivity contribution < 1.29 is 8.81 Å². The van der Waals surface area contributed by atoms with E-state index in [9.17, 15) is 4.39 Å². The summed E-state index contributed by atoms with van der Waals surface area (Å²) in [5.74, 6) is 1.13. The van der Waals surface area contributed by atoms with Crippen LogP contribution in [0, 0.1) is 5.82 Å². The molecule has 2 aromatic carbocycles. The summed E-state index contributed by atoms with van der Waals surface area (Å²) in [6.07, 6.45) is 0. The Hall–Kier alpha value is -2.30. The first-order valence-corrected chi connectivity index (χ1v) is 10.3. The van der Waals surface area contributed by atoms with E-state index in [4.69, 9.17) is 4.42 Å². The number of benzene rings is 2. The zero-order chi connectivity index (χ0) is 18.6. The molecule has 0 spiro atoms. The van der Waals surface area contributed by atoms with Crippen LogP contribution in [0.4, 0.5) is 15.2 Å². The van der Waals surface area contributed by atoms with Gasteiger partial charge in [0.25, 0.3) is 0 Å². The second-order valence-electron chi connectivity index (χ2n) is 5.28. The Morgan fingerprint density at radius 1 is 1.07 bits per heavy atom. The molecule has 27 heavy (non-hydrogen) atoms. The fourth-order valence-electron chi connectivity index (χ4n) is 2.19. The summed E-state index contributed by atoms with van der Waals surface area (Å²) < 4.78 is 20.6. The minimum atomic E-state index is -0.309. The van der Waals surface area contributed by atoms with E-state index < -0.39 is 0 Å². The molecule has 4 aromatic rings. The molecule has 2 heterocycles. The molecule has 4 rings (SSSR count). The monoisotopic (exact) mass is 463 g/mol. The molecule has 0 aliphatic heterocycles. The van der Waals surface area contributed by atoms with Crippen LogP contribution in [0.15, 0.2) is 61.8 Å². The van der Waals surface area contributed by atoms with Gasteiger partial charge in [-0.2, -0.15) is 0 Å². The van der Waals surface area contributed by atoms with Crippen molar-refractivity contribution in [2.24, 2.45) is 0 Å². The van der Waals surface area contributed by atoms with Gasteiger partial charge in [-0.1, -0.05) is 41.3 Å². The van der Waals surface area contributed by atoms with E-state index in [-0.39, 0.29) is 5.82 Å². The highest BCUT2D eigenvalue weighted by Gasteiger charge is 2.13. The van der Waals surface area contributed by atoms with Gasteiger partial charge in [0, 0.05) is 10.2 Å². The van der Waals surface area contributed by atoms with Crippen LogP contribution >= 0.6 is 39.0 Å². The van der Waals surface area contributed by atoms with Gasteiger partial charge in [0.1, 0.15) is 5.82 Å². The quantitative estimate of drug-likeness (QED) is 0.376. The molecule has 0 radical (unpaired) electrons. The average Bonchev–Trinajstić information content (AvgIpc) is 3.30. The molecule has 0 aliphatic rings. The van der Waals surface area contributed by atoms with E-state index in [1.807, 2.05) is 24.3 Å². The molecular weight excluding hydrogens is 453 g/mol. The van der Waals surface area contributed by atoms with E-state index in [0.717, 1.165) is 14.4 Å². The number of aromatic nitrogens is 4. The molecule has 136 valence electrons. The Labute approximate surface area is 170 Å². The SMILES string of the molecule is Fc1cccc(Nc2nnc(SCc3nnc(-c4ccccc4Br)o3)s2)c1. The second-order valence-corrected chi connectivity index (χ2v) is 8.33. The van der Waals surface area contributed by atoms with Crippen molar-refractivity contribution in [1.29, 1.82) is 0 Å². The van der Waals surface area contributed by atoms with Gasteiger partial charge >= 0.3 is 0 Å². The predicted octanol–water partition coefficient (Wildman–Crippen LogP) is 5.53. The number of anilines is 2. The van der Waals surface area contributed by atoms with E-state index in [2.05, 4.69) is 41.6 Å². The lowest BCUT2D eigenvalue weighted by molar-refractivity contribution is 0.528. The first kappa shape index (κ1) is 18.1. The molecule has 0 atom stereocenters. The molecule has 0 fully saturated rings. The van der Waals surface area contributed by atoms with Crippen molar-refractivity contribution in [2.45, 2.75) is 10.1 Å². The largest absolute Gasteiger partial charge is 0.420 e. The Bertz CT molecular complexity index is 1070. The number of hydrogen-bond donors (Lipinski definition) is 1. The lowest BCUT2D eigenvalue weighted by Gasteiger charge is -2.00. The Morgan fingerprint density at radius 3 is 2.81 bits per heavy atom. The van der Waals surface area contributed by atoms with E-state index >= 15 is 0 Å². The minimum absolute atomic E-state index is 0.309. The van der Waals surface area contributed by atoms with E-state index in [0.29, 0.717) is 28.4 Å².